The molecule has 3 heterocycles. The highest BCUT2D eigenvalue weighted by molar-refractivity contribution is 14.0. The average Bonchev–Trinajstić information content (AvgIpc) is 3.06. The number of guanidine groups is 1. The molecule has 2 N–H and O–H groups in total. The Kier molecular flexibility index (Phi) is 7.32. The fourth-order valence-corrected chi connectivity index (χ4v) is 3.29. The van der Waals surface area contributed by atoms with E-state index in [9.17, 15) is 4.79 Å². The first-order chi connectivity index (χ1) is 12.3. The Morgan fingerprint density at radius 3 is 2.81 bits per heavy atom. The second-order valence-electron chi connectivity index (χ2n) is 7.25. The summed E-state index contributed by atoms with van der Waals surface area (Å²) in [6.45, 7) is 10.1. The molecule has 0 saturated carbocycles. The van der Waals surface area contributed by atoms with E-state index >= 15 is 0 Å². The van der Waals surface area contributed by atoms with E-state index in [2.05, 4.69) is 20.6 Å². The van der Waals surface area contributed by atoms with Gasteiger partial charge in [-0.3, -0.25) is 4.40 Å². The van der Waals surface area contributed by atoms with Gasteiger partial charge in [-0.05, 0) is 27.7 Å². The van der Waals surface area contributed by atoms with Crippen molar-refractivity contribution in [1.29, 1.82) is 0 Å². The normalized spacial score (nSPS) is 15.3. The Labute approximate surface area is 180 Å². The summed E-state index contributed by atoms with van der Waals surface area (Å²) in [6, 6.07) is 0.172. The quantitative estimate of drug-likeness (QED) is 0.379. The molecule has 0 spiro atoms. The first kappa shape index (κ1) is 21.7. The van der Waals surface area contributed by atoms with Gasteiger partial charge in [0.15, 0.2) is 10.9 Å². The Bertz CT molecular complexity index is 762. The SMILES string of the molecule is CCNC(=NCc1cn2ccsc2n1)NC1CN(C(=O)OC(C)(C)C)C1.I. The molecule has 1 aliphatic heterocycles. The zero-order valence-corrected chi connectivity index (χ0v) is 19.2. The zero-order valence-electron chi connectivity index (χ0n) is 16.1. The topological polar surface area (TPSA) is 83.3 Å². The van der Waals surface area contributed by atoms with Gasteiger partial charge in [0.05, 0.1) is 18.3 Å². The first-order valence-corrected chi connectivity index (χ1v) is 9.66. The van der Waals surface area contributed by atoms with Crippen LogP contribution >= 0.6 is 35.3 Å². The molecule has 0 unspecified atom stereocenters. The number of likely N-dealkylation sites (tertiary alicyclic amines) is 1. The van der Waals surface area contributed by atoms with Crippen molar-refractivity contribution in [3.05, 3.63) is 23.5 Å². The molecule has 27 heavy (non-hydrogen) atoms. The fourth-order valence-electron chi connectivity index (χ4n) is 2.57. The van der Waals surface area contributed by atoms with Gasteiger partial charge in [0.1, 0.15) is 5.60 Å². The van der Waals surface area contributed by atoms with Crippen molar-refractivity contribution in [2.24, 2.45) is 4.99 Å². The van der Waals surface area contributed by atoms with E-state index < -0.39 is 5.60 Å². The number of thiazole rings is 1. The molecule has 0 aliphatic carbocycles. The van der Waals surface area contributed by atoms with E-state index in [0.29, 0.717) is 19.6 Å². The lowest BCUT2D eigenvalue weighted by atomic mass is 10.1. The van der Waals surface area contributed by atoms with Gasteiger partial charge >= 0.3 is 6.09 Å². The molecule has 2 aromatic heterocycles. The molecule has 1 aliphatic rings. The number of aromatic nitrogens is 2. The van der Waals surface area contributed by atoms with Crippen molar-refractivity contribution in [1.82, 2.24) is 24.9 Å². The number of hydrogen-bond donors (Lipinski definition) is 2. The zero-order chi connectivity index (χ0) is 18.7. The molecule has 150 valence electrons. The van der Waals surface area contributed by atoms with Crippen molar-refractivity contribution in [3.63, 3.8) is 0 Å². The van der Waals surface area contributed by atoms with Gasteiger partial charge in [-0.1, -0.05) is 0 Å². The number of rotatable bonds is 4. The van der Waals surface area contributed by atoms with Crippen LogP contribution in [0.5, 0.6) is 0 Å². The lowest BCUT2D eigenvalue weighted by Gasteiger charge is -2.40. The Morgan fingerprint density at radius 2 is 2.19 bits per heavy atom. The molecular formula is C17H27IN6O2S. The molecule has 10 heteroatoms. The van der Waals surface area contributed by atoms with Crippen LogP contribution in [-0.4, -0.2) is 57.6 Å². The van der Waals surface area contributed by atoms with Crippen LogP contribution in [0.2, 0.25) is 0 Å². The van der Waals surface area contributed by atoms with Gasteiger partial charge in [-0.2, -0.15) is 0 Å². The van der Waals surface area contributed by atoms with Crippen LogP contribution < -0.4 is 10.6 Å². The maximum absolute atomic E-state index is 12.0. The highest BCUT2D eigenvalue weighted by Gasteiger charge is 2.34. The number of amides is 1. The molecule has 8 nitrogen and oxygen atoms in total. The average molecular weight is 506 g/mol. The third-order valence-corrected chi connectivity index (χ3v) is 4.53. The Hall–Kier alpha value is -1.56. The van der Waals surface area contributed by atoms with E-state index in [1.165, 1.54) is 0 Å². The maximum Gasteiger partial charge on any atom is 0.410 e. The van der Waals surface area contributed by atoms with Crippen LogP contribution in [-0.2, 0) is 11.3 Å². The smallest absolute Gasteiger partial charge is 0.410 e. The third-order valence-electron chi connectivity index (χ3n) is 3.76. The van der Waals surface area contributed by atoms with Crippen LogP contribution in [0.3, 0.4) is 0 Å². The summed E-state index contributed by atoms with van der Waals surface area (Å²) in [6.07, 6.45) is 3.71. The van der Waals surface area contributed by atoms with E-state index in [0.717, 1.165) is 23.2 Å². The minimum atomic E-state index is -0.468. The summed E-state index contributed by atoms with van der Waals surface area (Å²) < 4.78 is 7.37. The highest BCUT2D eigenvalue weighted by atomic mass is 127. The number of fused-ring (bicyclic) bond motifs is 1. The van der Waals surface area contributed by atoms with Gasteiger partial charge in [-0.25, -0.2) is 14.8 Å². The number of ether oxygens (including phenoxy) is 1. The molecule has 3 rings (SSSR count). The monoisotopic (exact) mass is 506 g/mol. The van der Waals surface area contributed by atoms with Gasteiger partial charge in [0.2, 0.25) is 0 Å². The van der Waals surface area contributed by atoms with Crippen LogP contribution in [0, 0.1) is 0 Å². The van der Waals surface area contributed by atoms with Crippen molar-refractivity contribution in [2.45, 2.75) is 45.9 Å². The second kappa shape index (κ2) is 9.09. The van der Waals surface area contributed by atoms with Crippen molar-refractivity contribution < 1.29 is 9.53 Å². The minimum Gasteiger partial charge on any atom is -0.444 e. The molecule has 0 aromatic carbocycles. The standard InChI is InChI=1S/C17H26N6O2S.HI/c1-5-18-14(19-8-12-9-22-6-7-26-15(22)21-12)20-13-10-23(11-13)16(24)25-17(2,3)4;/h6-7,9,13H,5,8,10-11H2,1-4H3,(H2,18,19,20);1H. The van der Waals surface area contributed by atoms with E-state index in [4.69, 9.17) is 4.74 Å². The number of aliphatic imine (C=N–C) groups is 1. The Balaban J connectivity index is 0.00000261. The summed E-state index contributed by atoms with van der Waals surface area (Å²) in [7, 11) is 0. The number of nitrogens with one attached hydrogen (secondary N) is 2. The Morgan fingerprint density at radius 1 is 1.44 bits per heavy atom. The first-order valence-electron chi connectivity index (χ1n) is 8.78. The molecule has 0 atom stereocenters. The fraction of sp³-hybridized carbons (Fsp3) is 0.588. The molecule has 1 saturated heterocycles. The van der Waals surface area contributed by atoms with Crippen LogP contribution in [0.15, 0.2) is 22.8 Å². The summed E-state index contributed by atoms with van der Waals surface area (Å²) >= 11 is 1.61. The van der Waals surface area contributed by atoms with Gasteiger partial charge < -0.3 is 20.3 Å². The molecule has 1 amide bonds. The van der Waals surface area contributed by atoms with Crippen molar-refractivity contribution >= 4 is 52.3 Å². The number of carbonyl (C=O) groups excluding carboxylic acids is 1. The lowest BCUT2D eigenvalue weighted by molar-refractivity contribution is 0.00701. The van der Waals surface area contributed by atoms with E-state index in [1.54, 1.807) is 16.2 Å². The predicted molar refractivity (Wildman–Crippen MR) is 118 cm³/mol. The number of halogens is 1. The predicted octanol–water partition coefficient (Wildman–Crippen LogP) is 2.69. The highest BCUT2D eigenvalue weighted by Crippen LogP contribution is 2.15. The largest absolute Gasteiger partial charge is 0.444 e. The molecule has 2 aromatic rings. The van der Waals surface area contributed by atoms with Crippen LogP contribution in [0.4, 0.5) is 4.79 Å². The summed E-state index contributed by atoms with van der Waals surface area (Å²) in [5, 5.41) is 8.60. The van der Waals surface area contributed by atoms with Gasteiger partial charge in [0.25, 0.3) is 0 Å². The molecular weight excluding hydrogens is 479 g/mol. The summed E-state index contributed by atoms with van der Waals surface area (Å²) in [5.41, 5.74) is 0.461. The van der Waals surface area contributed by atoms with Crippen LogP contribution in [0.25, 0.3) is 4.96 Å². The number of nitrogens with zero attached hydrogens (tertiary/aromatic N) is 4. The van der Waals surface area contributed by atoms with E-state index in [-0.39, 0.29) is 36.1 Å². The van der Waals surface area contributed by atoms with Crippen molar-refractivity contribution in [3.8, 4) is 0 Å². The minimum absolute atomic E-state index is 0. The summed E-state index contributed by atoms with van der Waals surface area (Å²) in [5.74, 6) is 0.734. The lowest BCUT2D eigenvalue weighted by Crippen LogP contribution is -2.63. The summed E-state index contributed by atoms with van der Waals surface area (Å²) in [4.78, 5) is 23.8. The van der Waals surface area contributed by atoms with E-state index in [1.807, 2.05) is 49.9 Å². The number of imidazole rings is 1. The van der Waals surface area contributed by atoms with Crippen LogP contribution in [0.1, 0.15) is 33.4 Å². The molecule has 0 radical (unpaired) electrons. The van der Waals surface area contributed by atoms with Gasteiger partial charge in [-0.15, -0.1) is 35.3 Å². The number of carbonyl (C=O) groups is 1. The third kappa shape index (κ3) is 5.96. The second-order valence-corrected chi connectivity index (χ2v) is 8.12. The number of hydrogen-bond acceptors (Lipinski definition) is 5. The molecule has 0 bridgehead atoms. The van der Waals surface area contributed by atoms with Gasteiger partial charge in [0, 0.05) is 37.4 Å². The maximum atomic E-state index is 12.0. The van der Waals surface area contributed by atoms with Crippen molar-refractivity contribution in [2.75, 3.05) is 19.6 Å². The molecule has 1 fully saturated rings.